The van der Waals surface area contributed by atoms with Gasteiger partial charge in [0.05, 0.1) is 9.75 Å². The van der Waals surface area contributed by atoms with E-state index in [1.165, 1.54) is 29.7 Å². The molecule has 0 fully saturated rings. The normalized spacial score (nSPS) is 15.9. The fourth-order valence-electron chi connectivity index (χ4n) is 2.33. The maximum atomic E-state index is 12.1. The molecule has 10 heteroatoms. The Morgan fingerprint density at radius 3 is 2.12 bits per heavy atom. The monoisotopic (exact) mass is 377 g/mol. The van der Waals surface area contributed by atoms with Crippen molar-refractivity contribution in [2.45, 2.75) is 0 Å². The summed E-state index contributed by atoms with van der Waals surface area (Å²) < 4.78 is 28.7. The van der Waals surface area contributed by atoms with Crippen LogP contribution in [0.1, 0.15) is 5.69 Å². The second-order valence-electron chi connectivity index (χ2n) is 4.97. The largest absolute Gasteiger partial charge is 0.381 e. The van der Waals surface area contributed by atoms with Crippen LogP contribution in [0.25, 0.3) is 21.1 Å². The van der Waals surface area contributed by atoms with Gasteiger partial charge in [0.25, 0.3) is 0 Å². The lowest BCUT2D eigenvalue weighted by atomic mass is 10.2. The Labute approximate surface area is 146 Å². The van der Waals surface area contributed by atoms with E-state index in [-0.39, 0.29) is 17.3 Å². The van der Waals surface area contributed by atoms with Crippen LogP contribution in [-0.2, 0) is 10.2 Å². The first kappa shape index (κ1) is 15.2. The minimum absolute atomic E-state index is 0.147. The Balaban J connectivity index is 2.05. The van der Waals surface area contributed by atoms with E-state index >= 15 is 0 Å². The van der Waals surface area contributed by atoms with Crippen molar-refractivity contribution in [3.63, 3.8) is 0 Å². The number of anilines is 1. The van der Waals surface area contributed by atoms with Gasteiger partial charge in [0.15, 0.2) is 17.3 Å². The Kier molecular flexibility index (Phi) is 3.41. The Bertz CT molecular complexity index is 1040. The van der Waals surface area contributed by atoms with Crippen molar-refractivity contribution in [1.82, 2.24) is 9.97 Å². The van der Waals surface area contributed by atoms with Crippen LogP contribution in [0.5, 0.6) is 0 Å². The van der Waals surface area contributed by atoms with Gasteiger partial charge in [-0.25, -0.2) is 14.3 Å². The van der Waals surface area contributed by atoms with Gasteiger partial charge >= 0.3 is 10.2 Å². The summed E-state index contributed by atoms with van der Waals surface area (Å²) in [5.74, 6) is 0.0392. The highest BCUT2D eigenvalue weighted by Gasteiger charge is 2.32. The summed E-state index contributed by atoms with van der Waals surface area (Å²) in [5.41, 5.74) is 7.39. The lowest BCUT2D eigenvalue weighted by Crippen LogP contribution is -2.36. The van der Waals surface area contributed by atoms with Gasteiger partial charge in [-0.15, -0.1) is 27.1 Å². The SMILES string of the molecule is CN1c2nc(-c3cccs3)c(-c3cccs3)nc2C(N)=NS1(=O)=O. The van der Waals surface area contributed by atoms with Crippen LogP contribution in [0.2, 0.25) is 0 Å². The van der Waals surface area contributed by atoms with Crippen LogP contribution in [-0.4, -0.2) is 31.3 Å². The van der Waals surface area contributed by atoms with Crippen LogP contribution in [0.4, 0.5) is 5.82 Å². The summed E-state index contributed by atoms with van der Waals surface area (Å²) in [7, 11) is -2.49. The minimum Gasteiger partial charge on any atom is -0.381 e. The molecule has 0 saturated carbocycles. The van der Waals surface area contributed by atoms with E-state index in [0.29, 0.717) is 11.4 Å². The topological polar surface area (TPSA) is 102 Å². The maximum absolute atomic E-state index is 12.1. The molecule has 24 heavy (non-hydrogen) atoms. The molecular weight excluding hydrogens is 366 g/mol. The van der Waals surface area contributed by atoms with Gasteiger partial charge in [0.2, 0.25) is 0 Å². The lowest BCUT2D eigenvalue weighted by Gasteiger charge is -2.23. The van der Waals surface area contributed by atoms with Gasteiger partial charge in [-0.2, -0.15) is 8.42 Å². The maximum Gasteiger partial charge on any atom is 0.347 e. The number of thiophene rings is 2. The summed E-state index contributed by atoms with van der Waals surface area (Å²) in [5, 5.41) is 3.88. The van der Waals surface area contributed by atoms with Crippen LogP contribution in [0.3, 0.4) is 0 Å². The third-order valence-corrected chi connectivity index (χ3v) is 6.53. The third kappa shape index (κ3) is 2.30. The molecule has 0 atom stereocenters. The van der Waals surface area contributed by atoms with Crippen LogP contribution in [0, 0.1) is 0 Å². The molecule has 1 aliphatic heterocycles. The molecule has 2 N–H and O–H groups in total. The third-order valence-electron chi connectivity index (χ3n) is 3.49. The van der Waals surface area contributed by atoms with Gasteiger partial charge in [0, 0.05) is 7.05 Å². The molecule has 0 spiro atoms. The first-order valence-electron chi connectivity index (χ1n) is 6.82. The zero-order valence-electron chi connectivity index (χ0n) is 12.4. The number of nitrogens with zero attached hydrogens (tertiary/aromatic N) is 4. The molecule has 122 valence electrons. The molecule has 3 aromatic rings. The molecule has 0 saturated heterocycles. The number of rotatable bonds is 2. The molecule has 3 aromatic heterocycles. The van der Waals surface area contributed by atoms with Gasteiger partial charge in [-0.05, 0) is 22.9 Å². The summed E-state index contributed by atoms with van der Waals surface area (Å²) in [4.78, 5) is 11.0. The Morgan fingerprint density at radius 1 is 1.00 bits per heavy atom. The minimum atomic E-state index is -3.88. The van der Waals surface area contributed by atoms with Gasteiger partial charge in [-0.1, -0.05) is 12.1 Å². The zero-order chi connectivity index (χ0) is 16.9. The van der Waals surface area contributed by atoms with Crippen LogP contribution < -0.4 is 10.0 Å². The number of hydrogen-bond donors (Lipinski definition) is 1. The van der Waals surface area contributed by atoms with Gasteiger partial charge in [0.1, 0.15) is 11.4 Å². The van der Waals surface area contributed by atoms with Crippen LogP contribution >= 0.6 is 22.7 Å². The first-order chi connectivity index (χ1) is 11.5. The average molecular weight is 377 g/mol. The van der Waals surface area contributed by atoms with Crippen molar-refractivity contribution in [3.8, 4) is 21.1 Å². The van der Waals surface area contributed by atoms with E-state index in [2.05, 4.69) is 14.4 Å². The lowest BCUT2D eigenvalue weighted by molar-refractivity contribution is 0.595. The molecule has 4 rings (SSSR count). The van der Waals surface area contributed by atoms with Gasteiger partial charge < -0.3 is 5.73 Å². The van der Waals surface area contributed by atoms with E-state index in [4.69, 9.17) is 5.73 Å². The van der Waals surface area contributed by atoms with Crippen LogP contribution in [0.15, 0.2) is 39.4 Å². The van der Waals surface area contributed by atoms with E-state index in [0.717, 1.165) is 14.1 Å². The molecule has 0 bridgehead atoms. The fourth-order valence-corrected chi connectivity index (χ4v) is 4.56. The molecule has 0 amide bonds. The van der Waals surface area contributed by atoms with E-state index in [9.17, 15) is 8.42 Å². The predicted octanol–water partition coefficient (Wildman–Crippen LogP) is 2.33. The van der Waals surface area contributed by atoms with E-state index in [1.807, 2.05) is 35.0 Å². The highest BCUT2D eigenvalue weighted by Crippen LogP contribution is 2.37. The van der Waals surface area contributed by atoms with Crippen molar-refractivity contribution in [3.05, 3.63) is 40.7 Å². The highest BCUT2D eigenvalue weighted by atomic mass is 32.2. The molecular formula is C14H11N5O2S3. The van der Waals surface area contributed by atoms with Crippen molar-refractivity contribution < 1.29 is 8.42 Å². The average Bonchev–Trinajstić information content (AvgIpc) is 3.24. The predicted molar refractivity (Wildman–Crippen MR) is 96.7 cm³/mol. The zero-order valence-corrected chi connectivity index (χ0v) is 14.8. The fraction of sp³-hybridized carbons (Fsp3) is 0.0714. The molecule has 0 aliphatic carbocycles. The second-order valence-corrected chi connectivity index (χ2v) is 8.49. The Morgan fingerprint density at radius 2 is 1.58 bits per heavy atom. The number of nitrogens with two attached hydrogens (primary N) is 1. The summed E-state index contributed by atoms with van der Waals surface area (Å²) >= 11 is 3.04. The molecule has 0 unspecified atom stereocenters. The molecule has 1 aliphatic rings. The Hall–Kier alpha value is -2.30. The van der Waals surface area contributed by atoms with E-state index in [1.54, 1.807) is 0 Å². The second kappa shape index (κ2) is 5.36. The molecule has 4 heterocycles. The number of aromatic nitrogens is 2. The standard InChI is InChI=1S/C14H11N5O2S3/c1-19-14-12(13(15)18-24(19,20)21)16-10(8-4-2-6-22-8)11(17-14)9-5-3-7-23-9/h2-7H,1H3,(H2,15,18). The molecule has 7 nitrogen and oxygen atoms in total. The number of hydrogen-bond acceptors (Lipinski definition) is 7. The smallest absolute Gasteiger partial charge is 0.347 e. The summed E-state index contributed by atoms with van der Waals surface area (Å²) in [6, 6.07) is 7.70. The highest BCUT2D eigenvalue weighted by molar-refractivity contribution is 7.91. The van der Waals surface area contributed by atoms with Crippen molar-refractivity contribution in [2.24, 2.45) is 10.1 Å². The van der Waals surface area contributed by atoms with Gasteiger partial charge in [-0.3, -0.25) is 0 Å². The van der Waals surface area contributed by atoms with Crippen molar-refractivity contribution >= 4 is 44.5 Å². The van der Waals surface area contributed by atoms with E-state index < -0.39 is 10.2 Å². The number of fused-ring (bicyclic) bond motifs is 1. The summed E-state index contributed by atoms with van der Waals surface area (Å²) in [6.07, 6.45) is 0. The molecule has 0 aromatic carbocycles. The number of amidine groups is 1. The first-order valence-corrected chi connectivity index (χ1v) is 9.97. The van der Waals surface area contributed by atoms with Crippen molar-refractivity contribution in [2.75, 3.05) is 11.4 Å². The summed E-state index contributed by atoms with van der Waals surface area (Å²) in [6.45, 7) is 0. The van der Waals surface area contributed by atoms with Crippen molar-refractivity contribution in [1.29, 1.82) is 0 Å². The molecule has 0 radical (unpaired) electrons. The quantitative estimate of drug-likeness (QED) is 0.738.